The quantitative estimate of drug-likeness (QED) is 0.487. The Balaban J connectivity index is 3.35. The largest absolute Gasteiger partial charge is 0.465 e. The minimum atomic E-state index is -0.486. The van der Waals surface area contributed by atoms with Crippen molar-refractivity contribution in [3.8, 4) is 0 Å². The van der Waals surface area contributed by atoms with Crippen molar-refractivity contribution < 1.29 is 14.3 Å². The van der Waals surface area contributed by atoms with Gasteiger partial charge in [-0.2, -0.15) is 0 Å². The number of aryl methyl sites for hydroxylation is 1. The minimum absolute atomic E-state index is 0.112. The summed E-state index contributed by atoms with van der Waals surface area (Å²) in [5, 5.41) is 0. The van der Waals surface area contributed by atoms with E-state index in [4.69, 9.17) is 0 Å². The Morgan fingerprint density at radius 1 is 1.38 bits per heavy atom. The Morgan fingerprint density at radius 2 is 2.00 bits per heavy atom. The number of hydrogen-bond donors (Lipinski definition) is 0. The summed E-state index contributed by atoms with van der Waals surface area (Å²) in [5.41, 5.74) is 1.52. The second-order valence-electron chi connectivity index (χ2n) is 3.47. The van der Waals surface area contributed by atoms with E-state index in [0.29, 0.717) is 11.1 Å². The molecule has 0 fully saturated rings. The molecule has 0 amide bonds. The van der Waals surface area contributed by atoms with Crippen LogP contribution in [0.2, 0.25) is 0 Å². The normalized spacial score (nSPS) is 12.0. The standard InChI is InChI=1S/C12H13BrO3/c1-7-5-4-6-9(12(15)16-3)10(7)11(14)8(2)13/h4-6,8H,1-3H3. The van der Waals surface area contributed by atoms with Crippen LogP contribution in [0.25, 0.3) is 0 Å². The molecule has 4 heteroatoms. The number of ketones is 1. The predicted molar refractivity (Wildman–Crippen MR) is 65.2 cm³/mol. The van der Waals surface area contributed by atoms with Gasteiger partial charge in [-0.3, -0.25) is 4.79 Å². The summed E-state index contributed by atoms with van der Waals surface area (Å²) in [6, 6.07) is 5.13. The van der Waals surface area contributed by atoms with E-state index in [0.717, 1.165) is 5.56 Å². The second kappa shape index (κ2) is 5.25. The third-order valence-corrected chi connectivity index (χ3v) is 2.70. The van der Waals surface area contributed by atoms with Gasteiger partial charge in [0.25, 0.3) is 0 Å². The maximum atomic E-state index is 12.0. The van der Waals surface area contributed by atoms with Gasteiger partial charge in [-0.15, -0.1) is 0 Å². The van der Waals surface area contributed by atoms with Crippen molar-refractivity contribution >= 4 is 27.7 Å². The Kier molecular flexibility index (Phi) is 4.24. The number of carbonyl (C=O) groups is 2. The number of Topliss-reactive ketones (excluding diaryl/α,β-unsaturated/α-hetero) is 1. The summed E-state index contributed by atoms with van der Waals surface area (Å²) < 4.78 is 4.66. The topological polar surface area (TPSA) is 43.4 Å². The number of halogens is 1. The highest BCUT2D eigenvalue weighted by molar-refractivity contribution is 9.10. The number of ether oxygens (including phenoxy) is 1. The van der Waals surface area contributed by atoms with Crippen LogP contribution in [-0.2, 0) is 4.74 Å². The summed E-state index contributed by atoms with van der Waals surface area (Å²) in [6.07, 6.45) is 0. The fraction of sp³-hybridized carbons (Fsp3) is 0.333. The van der Waals surface area contributed by atoms with E-state index in [1.807, 2.05) is 0 Å². The van der Waals surface area contributed by atoms with Gasteiger partial charge < -0.3 is 4.74 Å². The van der Waals surface area contributed by atoms with Crippen molar-refractivity contribution in [2.75, 3.05) is 7.11 Å². The molecule has 0 saturated carbocycles. The molecule has 0 bridgehead atoms. The number of carbonyl (C=O) groups excluding carboxylic acids is 2. The molecular formula is C12H13BrO3. The SMILES string of the molecule is COC(=O)c1cccc(C)c1C(=O)C(C)Br. The van der Waals surface area contributed by atoms with Gasteiger partial charge in [-0.25, -0.2) is 4.79 Å². The van der Waals surface area contributed by atoms with Crippen LogP contribution in [0, 0.1) is 6.92 Å². The highest BCUT2D eigenvalue weighted by Gasteiger charge is 2.22. The lowest BCUT2D eigenvalue weighted by atomic mass is 9.97. The molecule has 16 heavy (non-hydrogen) atoms. The average Bonchev–Trinajstić information content (AvgIpc) is 2.26. The number of methoxy groups -OCH3 is 1. The first-order valence-corrected chi connectivity index (χ1v) is 5.76. The van der Waals surface area contributed by atoms with Gasteiger partial charge in [0.1, 0.15) is 0 Å². The minimum Gasteiger partial charge on any atom is -0.465 e. The maximum absolute atomic E-state index is 12.0. The van der Waals surface area contributed by atoms with Crippen molar-refractivity contribution in [3.05, 3.63) is 34.9 Å². The van der Waals surface area contributed by atoms with Gasteiger partial charge in [0.2, 0.25) is 0 Å². The van der Waals surface area contributed by atoms with Crippen LogP contribution in [0.5, 0.6) is 0 Å². The molecule has 0 aromatic heterocycles. The molecular weight excluding hydrogens is 272 g/mol. The van der Waals surface area contributed by atoms with Crippen LogP contribution in [0.1, 0.15) is 33.2 Å². The van der Waals surface area contributed by atoms with E-state index in [2.05, 4.69) is 20.7 Å². The van der Waals surface area contributed by atoms with Crippen molar-refractivity contribution in [3.63, 3.8) is 0 Å². The molecule has 1 aromatic carbocycles. The lowest BCUT2D eigenvalue weighted by molar-refractivity contribution is 0.0597. The van der Waals surface area contributed by atoms with Crippen LogP contribution in [0.3, 0.4) is 0 Å². The molecule has 0 aliphatic heterocycles. The summed E-state index contributed by atoms with van der Waals surface area (Å²) in [4.78, 5) is 23.2. The van der Waals surface area contributed by atoms with Crippen LogP contribution in [-0.4, -0.2) is 23.7 Å². The molecule has 0 heterocycles. The first-order valence-electron chi connectivity index (χ1n) is 4.85. The Morgan fingerprint density at radius 3 is 2.50 bits per heavy atom. The second-order valence-corrected chi connectivity index (χ2v) is 4.84. The van der Waals surface area contributed by atoms with Gasteiger partial charge in [0.15, 0.2) is 5.78 Å². The van der Waals surface area contributed by atoms with Crippen molar-refractivity contribution in [1.82, 2.24) is 0 Å². The zero-order valence-corrected chi connectivity index (χ0v) is 11.0. The Labute approximate surface area is 103 Å². The lowest BCUT2D eigenvalue weighted by Gasteiger charge is -2.11. The van der Waals surface area contributed by atoms with Crippen LogP contribution >= 0.6 is 15.9 Å². The van der Waals surface area contributed by atoms with Crippen LogP contribution < -0.4 is 0 Å². The molecule has 0 aliphatic rings. The van der Waals surface area contributed by atoms with Crippen molar-refractivity contribution in [2.24, 2.45) is 0 Å². The highest BCUT2D eigenvalue weighted by atomic mass is 79.9. The van der Waals surface area contributed by atoms with E-state index in [1.165, 1.54) is 7.11 Å². The molecule has 1 unspecified atom stereocenters. The third-order valence-electron chi connectivity index (χ3n) is 2.29. The summed E-state index contributed by atoms with van der Waals surface area (Å²) in [7, 11) is 1.30. The molecule has 86 valence electrons. The zero-order chi connectivity index (χ0) is 12.3. The zero-order valence-electron chi connectivity index (χ0n) is 9.41. The van der Waals surface area contributed by atoms with E-state index in [1.54, 1.807) is 32.0 Å². The van der Waals surface area contributed by atoms with Crippen molar-refractivity contribution in [1.29, 1.82) is 0 Å². The summed E-state index contributed by atoms with van der Waals surface area (Å²) >= 11 is 3.21. The molecule has 0 N–H and O–H groups in total. The van der Waals surface area contributed by atoms with E-state index < -0.39 is 5.97 Å². The predicted octanol–water partition coefficient (Wildman–Crippen LogP) is 2.75. The first-order chi connectivity index (χ1) is 7.49. The smallest absolute Gasteiger partial charge is 0.338 e. The number of benzene rings is 1. The fourth-order valence-corrected chi connectivity index (χ4v) is 1.70. The van der Waals surface area contributed by atoms with Gasteiger partial charge in [-0.05, 0) is 25.5 Å². The number of alkyl halides is 1. The first kappa shape index (κ1) is 12.9. The number of hydrogen-bond acceptors (Lipinski definition) is 3. The van der Waals surface area contributed by atoms with Gasteiger partial charge in [-0.1, -0.05) is 28.1 Å². The summed E-state index contributed by atoms with van der Waals surface area (Å²) in [5.74, 6) is -0.598. The van der Waals surface area contributed by atoms with E-state index in [9.17, 15) is 9.59 Å². The van der Waals surface area contributed by atoms with Crippen LogP contribution in [0.15, 0.2) is 18.2 Å². The monoisotopic (exact) mass is 284 g/mol. The average molecular weight is 285 g/mol. The fourth-order valence-electron chi connectivity index (χ4n) is 1.47. The molecule has 0 saturated heterocycles. The third kappa shape index (κ3) is 2.50. The van der Waals surface area contributed by atoms with Gasteiger partial charge >= 0.3 is 5.97 Å². The van der Waals surface area contributed by atoms with Crippen molar-refractivity contribution in [2.45, 2.75) is 18.7 Å². The lowest BCUT2D eigenvalue weighted by Crippen LogP contribution is -2.17. The van der Waals surface area contributed by atoms with Crippen LogP contribution in [0.4, 0.5) is 0 Å². The number of esters is 1. The van der Waals surface area contributed by atoms with E-state index in [-0.39, 0.29) is 10.6 Å². The molecule has 1 rings (SSSR count). The molecule has 1 atom stereocenters. The molecule has 3 nitrogen and oxygen atoms in total. The summed E-state index contributed by atoms with van der Waals surface area (Å²) in [6.45, 7) is 3.53. The maximum Gasteiger partial charge on any atom is 0.338 e. The molecule has 1 aromatic rings. The number of rotatable bonds is 3. The molecule has 0 spiro atoms. The van der Waals surface area contributed by atoms with E-state index >= 15 is 0 Å². The van der Waals surface area contributed by atoms with Gasteiger partial charge in [0.05, 0.1) is 17.5 Å². The Hall–Kier alpha value is -1.16. The molecule has 0 radical (unpaired) electrons. The van der Waals surface area contributed by atoms with Gasteiger partial charge in [0, 0.05) is 5.56 Å². The highest BCUT2D eigenvalue weighted by Crippen LogP contribution is 2.19. The molecule has 0 aliphatic carbocycles. The Bertz CT molecular complexity index is 424.